The van der Waals surface area contributed by atoms with Crippen molar-refractivity contribution in [2.45, 2.75) is 38.5 Å². The predicted octanol–water partition coefficient (Wildman–Crippen LogP) is 3.61. The Labute approximate surface area is 173 Å². The first-order chi connectivity index (χ1) is 14.5. The maximum Gasteiger partial charge on any atom is 0.387 e. The maximum atomic E-state index is 12.6. The fraction of sp³-hybridized carbons (Fsp3) is 0.364. The van der Waals surface area contributed by atoms with Gasteiger partial charge in [0.05, 0.1) is 12.7 Å². The van der Waals surface area contributed by atoms with E-state index in [1.54, 1.807) is 18.1 Å². The highest BCUT2D eigenvalue weighted by atomic mass is 19.3. The molecule has 0 bridgehead atoms. The van der Waals surface area contributed by atoms with Gasteiger partial charge in [0.2, 0.25) is 5.91 Å². The fourth-order valence-electron chi connectivity index (χ4n) is 3.46. The molecule has 8 heteroatoms. The van der Waals surface area contributed by atoms with Gasteiger partial charge in [0.1, 0.15) is 11.5 Å². The Bertz CT molecular complexity index is 891. The minimum Gasteiger partial charge on any atom is -0.497 e. The van der Waals surface area contributed by atoms with Crippen molar-refractivity contribution >= 4 is 11.8 Å². The van der Waals surface area contributed by atoms with Crippen LogP contribution in [0.5, 0.6) is 11.5 Å². The van der Waals surface area contributed by atoms with E-state index >= 15 is 0 Å². The number of hydrogen-bond donors (Lipinski definition) is 1. The molecule has 160 valence electrons. The second-order valence-electron chi connectivity index (χ2n) is 7.04. The highest BCUT2D eigenvalue weighted by Gasteiger charge is 2.25. The van der Waals surface area contributed by atoms with Gasteiger partial charge in [-0.3, -0.25) is 9.59 Å². The van der Waals surface area contributed by atoms with Gasteiger partial charge >= 0.3 is 6.61 Å². The molecule has 2 amide bonds. The number of benzene rings is 2. The predicted molar refractivity (Wildman–Crippen MR) is 107 cm³/mol. The van der Waals surface area contributed by atoms with Gasteiger partial charge in [0.25, 0.3) is 5.91 Å². The van der Waals surface area contributed by atoms with Crippen LogP contribution in [-0.4, -0.2) is 43.0 Å². The summed E-state index contributed by atoms with van der Waals surface area (Å²) in [5.41, 5.74) is 1.00. The van der Waals surface area contributed by atoms with Crippen molar-refractivity contribution < 1.29 is 27.8 Å². The average molecular weight is 418 g/mol. The molecule has 0 spiro atoms. The molecule has 2 aromatic carbocycles. The number of methoxy groups -OCH3 is 1. The molecule has 2 aromatic rings. The van der Waals surface area contributed by atoms with Gasteiger partial charge < -0.3 is 19.7 Å². The Balaban J connectivity index is 1.62. The van der Waals surface area contributed by atoms with Crippen LogP contribution in [0.15, 0.2) is 48.5 Å². The number of halogens is 2. The number of nitrogens with zero attached hydrogens (tertiary/aromatic N) is 1. The second-order valence-corrected chi connectivity index (χ2v) is 7.04. The van der Waals surface area contributed by atoms with E-state index < -0.39 is 12.5 Å². The number of likely N-dealkylation sites (tertiary alicyclic amines) is 1. The quantitative estimate of drug-likeness (QED) is 0.746. The SMILES string of the molecule is COc1cccc(CN2CCC(NC(=O)c3ccccc3OC(F)F)CCC2=O)c1. The molecule has 30 heavy (non-hydrogen) atoms. The maximum absolute atomic E-state index is 12.6. The van der Waals surface area contributed by atoms with Crippen molar-refractivity contribution in [2.24, 2.45) is 0 Å². The van der Waals surface area contributed by atoms with Gasteiger partial charge in [0, 0.05) is 25.6 Å². The zero-order valence-corrected chi connectivity index (χ0v) is 16.6. The van der Waals surface area contributed by atoms with E-state index in [-0.39, 0.29) is 23.3 Å². The third-order valence-corrected chi connectivity index (χ3v) is 5.00. The van der Waals surface area contributed by atoms with E-state index in [4.69, 9.17) is 4.74 Å². The number of para-hydroxylation sites is 1. The molecule has 6 nitrogen and oxygen atoms in total. The minimum atomic E-state index is -3.01. The largest absolute Gasteiger partial charge is 0.497 e. The summed E-state index contributed by atoms with van der Waals surface area (Å²) in [6.07, 6.45) is 1.35. The highest BCUT2D eigenvalue weighted by molar-refractivity contribution is 5.97. The monoisotopic (exact) mass is 418 g/mol. The van der Waals surface area contributed by atoms with Gasteiger partial charge in [-0.1, -0.05) is 24.3 Å². The van der Waals surface area contributed by atoms with Crippen LogP contribution in [0.25, 0.3) is 0 Å². The van der Waals surface area contributed by atoms with Crippen molar-refractivity contribution in [1.82, 2.24) is 10.2 Å². The van der Waals surface area contributed by atoms with E-state index in [9.17, 15) is 18.4 Å². The molecule has 3 rings (SSSR count). The summed E-state index contributed by atoms with van der Waals surface area (Å²) in [4.78, 5) is 26.9. The van der Waals surface area contributed by atoms with Crippen LogP contribution in [0, 0.1) is 0 Å². The van der Waals surface area contributed by atoms with Gasteiger partial charge in [-0.25, -0.2) is 0 Å². The van der Waals surface area contributed by atoms with Crippen LogP contribution < -0.4 is 14.8 Å². The lowest BCUT2D eigenvalue weighted by atomic mass is 10.1. The highest BCUT2D eigenvalue weighted by Crippen LogP contribution is 2.22. The number of rotatable bonds is 7. The molecule has 0 radical (unpaired) electrons. The van der Waals surface area contributed by atoms with Crippen LogP contribution in [-0.2, 0) is 11.3 Å². The summed E-state index contributed by atoms with van der Waals surface area (Å²) in [6.45, 7) is -2.07. The number of amides is 2. The Morgan fingerprint density at radius 1 is 1.20 bits per heavy atom. The molecule has 0 aromatic heterocycles. The second kappa shape index (κ2) is 10.0. The first-order valence-electron chi connectivity index (χ1n) is 9.71. The van der Waals surface area contributed by atoms with Crippen molar-refractivity contribution in [3.63, 3.8) is 0 Å². The van der Waals surface area contributed by atoms with E-state index in [1.165, 1.54) is 18.2 Å². The van der Waals surface area contributed by atoms with Gasteiger partial charge in [0.15, 0.2) is 0 Å². The Hall–Kier alpha value is -3.16. The topological polar surface area (TPSA) is 67.9 Å². The number of nitrogens with one attached hydrogen (secondary N) is 1. The standard InChI is InChI=1S/C22H24F2N2O4/c1-29-17-6-4-5-15(13-17)14-26-12-11-16(9-10-20(26)27)25-21(28)18-7-2-3-8-19(18)30-22(23)24/h2-8,13,16,22H,9-12,14H2,1H3,(H,25,28). The fourth-order valence-corrected chi connectivity index (χ4v) is 3.46. The summed E-state index contributed by atoms with van der Waals surface area (Å²) in [5, 5.41) is 2.85. The molecule has 1 saturated heterocycles. The third kappa shape index (κ3) is 5.68. The first-order valence-corrected chi connectivity index (χ1v) is 9.71. The van der Waals surface area contributed by atoms with E-state index in [1.807, 2.05) is 24.3 Å². The minimum absolute atomic E-state index is 0.0102. The van der Waals surface area contributed by atoms with Crippen LogP contribution >= 0.6 is 0 Å². The van der Waals surface area contributed by atoms with Crippen LogP contribution in [0.2, 0.25) is 0 Å². The van der Waals surface area contributed by atoms with Crippen molar-refractivity contribution in [1.29, 1.82) is 0 Å². The summed E-state index contributed by atoms with van der Waals surface area (Å²) in [7, 11) is 1.59. The average Bonchev–Trinajstić information content (AvgIpc) is 2.90. The van der Waals surface area contributed by atoms with E-state index in [2.05, 4.69) is 10.1 Å². The van der Waals surface area contributed by atoms with Gasteiger partial charge in [-0.2, -0.15) is 8.78 Å². The molecule has 1 N–H and O–H groups in total. The first kappa shape index (κ1) is 21.5. The van der Waals surface area contributed by atoms with Crippen molar-refractivity contribution in [2.75, 3.05) is 13.7 Å². The normalized spacial score (nSPS) is 16.9. The molecule has 1 fully saturated rings. The zero-order chi connectivity index (χ0) is 21.5. The Morgan fingerprint density at radius 3 is 2.77 bits per heavy atom. The Kier molecular flexibility index (Phi) is 7.21. The smallest absolute Gasteiger partial charge is 0.387 e. The lowest BCUT2D eigenvalue weighted by molar-refractivity contribution is -0.131. The summed E-state index contributed by atoms with van der Waals surface area (Å²) in [6, 6.07) is 13.2. The molecule has 1 atom stereocenters. The summed E-state index contributed by atoms with van der Waals surface area (Å²) < 4.78 is 34.8. The molecular weight excluding hydrogens is 394 g/mol. The zero-order valence-electron chi connectivity index (χ0n) is 16.6. The van der Waals surface area contributed by atoms with Crippen LogP contribution in [0.1, 0.15) is 35.2 Å². The summed E-state index contributed by atoms with van der Waals surface area (Å²) >= 11 is 0. The molecule has 1 heterocycles. The molecule has 0 aliphatic carbocycles. The molecular formula is C22H24F2N2O4. The lowest BCUT2D eigenvalue weighted by Gasteiger charge is -2.21. The molecule has 1 unspecified atom stereocenters. The summed E-state index contributed by atoms with van der Waals surface area (Å²) in [5.74, 6) is 0.0693. The lowest BCUT2D eigenvalue weighted by Crippen LogP contribution is -2.36. The molecule has 1 aliphatic rings. The number of alkyl halides is 2. The number of hydrogen-bond acceptors (Lipinski definition) is 4. The van der Waals surface area contributed by atoms with Gasteiger partial charge in [-0.15, -0.1) is 0 Å². The van der Waals surface area contributed by atoms with Gasteiger partial charge in [-0.05, 0) is 42.7 Å². The molecule has 1 aliphatic heterocycles. The van der Waals surface area contributed by atoms with Crippen molar-refractivity contribution in [3.8, 4) is 11.5 Å². The third-order valence-electron chi connectivity index (χ3n) is 5.00. The van der Waals surface area contributed by atoms with E-state index in [0.29, 0.717) is 32.4 Å². The molecule has 0 saturated carbocycles. The van der Waals surface area contributed by atoms with Crippen LogP contribution in [0.4, 0.5) is 8.78 Å². The Morgan fingerprint density at radius 2 is 2.00 bits per heavy atom. The number of ether oxygens (including phenoxy) is 2. The van der Waals surface area contributed by atoms with Crippen molar-refractivity contribution in [3.05, 3.63) is 59.7 Å². The number of carbonyl (C=O) groups excluding carboxylic acids is 2. The van der Waals surface area contributed by atoms with Crippen LogP contribution in [0.3, 0.4) is 0 Å². The van der Waals surface area contributed by atoms with E-state index in [0.717, 1.165) is 11.3 Å². The number of carbonyl (C=O) groups is 2.